The van der Waals surface area contributed by atoms with Gasteiger partial charge in [-0.2, -0.15) is 0 Å². The van der Waals surface area contributed by atoms with E-state index in [9.17, 15) is 0 Å². The van der Waals surface area contributed by atoms with Crippen molar-refractivity contribution in [2.45, 2.75) is 32.4 Å². The van der Waals surface area contributed by atoms with Crippen molar-refractivity contribution in [1.29, 1.82) is 0 Å². The quantitative estimate of drug-likeness (QED) is 0.708. The molecule has 1 aliphatic rings. The number of likely N-dealkylation sites (tertiary alicyclic amines) is 1. The Balaban J connectivity index is 1.64. The third-order valence-electron chi connectivity index (χ3n) is 5.35. The smallest absolute Gasteiger partial charge is 0.215 e. The van der Waals surface area contributed by atoms with Gasteiger partial charge in [0.25, 0.3) is 0 Å². The number of quaternary nitrogens is 1. The second-order valence-corrected chi connectivity index (χ2v) is 8.33. The molecule has 1 saturated heterocycles. The zero-order chi connectivity index (χ0) is 18.6. The van der Waals surface area contributed by atoms with E-state index in [4.69, 9.17) is 4.74 Å². The maximum atomic E-state index is 5.26. The van der Waals surface area contributed by atoms with Gasteiger partial charge in [0.2, 0.25) is 5.82 Å². The monoisotopic (exact) mass is 384 g/mol. The molecular weight excluding hydrogens is 358 g/mol. The summed E-state index contributed by atoms with van der Waals surface area (Å²) >= 11 is 1.80. The molecule has 0 amide bonds. The Morgan fingerprint density at radius 2 is 2.15 bits per heavy atom. The average Bonchev–Trinajstić information content (AvgIpc) is 3.36. The molecule has 1 N–H and O–H groups in total. The molecule has 4 rings (SSSR count). The Morgan fingerprint density at radius 3 is 2.85 bits per heavy atom. The predicted molar refractivity (Wildman–Crippen MR) is 105 cm³/mol. The second-order valence-electron chi connectivity index (χ2n) is 7.35. The standard InChI is InChI=1S/C20H25N5OS/c1-15-5-3-11-24(13-15)19(18-6-4-12-27-18)20-21-22-23-25(20)14-16-7-9-17(26-2)10-8-16/h4,6-10,12,15,19H,3,5,11,13-14H2,1-2H3/p+1/t15-,19+/m0/s1. The minimum Gasteiger partial charge on any atom is -0.497 e. The summed E-state index contributed by atoms with van der Waals surface area (Å²) < 4.78 is 7.21. The fourth-order valence-corrected chi connectivity index (χ4v) is 4.87. The topological polar surface area (TPSA) is 57.3 Å². The van der Waals surface area contributed by atoms with Crippen molar-refractivity contribution in [2.24, 2.45) is 5.92 Å². The normalized spacial score (nSPS) is 21.1. The van der Waals surface area contributed by atoms with Crippen LogP contribution < -0.4 is 9.64 Å². The molecule has 6 nitrogen and oxygen atoms in total. The second kappa shape index (κ2) is 8.19. The van der Waals surface area contributed by atoms with Gasteiger partial charge in [-0.05, 0) is 52.4 Å². The molecule has 3 heterocycles. The van der Waals surface area contributed by atoms with Crippen LogP contribution in [0, 0.1) is 5.92 Å². The van der Waals surface area contributed by atoms with Crippen molar-refractivity contribution >= 4 is 11.3 Å². The lowest BCUT2D eigenvalue weighted by Gasteiger charge is -2.33. The Kier molecular flexibility index (Phi) is 5.50. The van der Waals surface area contributed by atoms with Gasteiger partial charge >= 0.3 is 0 Å². The van der Waals surface area contributed by atoms with Gasteiger partial charge in [0.15, 0.2) is 6.04 Å². The lowest BCUT2D eigenvalue weighted by Crippen LogP contribution is -3.14. The van der Waals surface area contributed by atoms with Gasteiger partial charge in [-0.1, -0.05) is 25.1 Å². The van der Waals surface area contributed by atoms with Crippen molar-refractivity contribution in [2.75, 3.05) is 20.2 Å². The van der Waals surface area contributed by atoms with Gasteiger partial charge in [0.05, 0.1) is 31.6 Å². The minimum absolute atomic E-state index is 0.195. The number of ether oxygens (including phenoxy) is 1. The number of thiophene rings is 1. The van der Waals surface area contributed by atoms with Crippen LogP contribution in [-0.4, -0.2) is 40.4 Å². The summed E-state index contributed by atoms with van der Waals surface area (Å²) in [6.07, 6.45) is 2.58. The predicted octanol–water partition coefficient (Wildman–Crippen LogP) is 2.20. The molecule has 0 saturated carbocycles. The van der Waals surface area contributed by atoms with Crippen LogP contribution in [0.3, 0.4) is 0 Å². The number of aromatic nitrogens is 4. The molecule has 0 aliphatic carbocycles. The van der Waals surface area contributed by atoms with Gasteiger partial charge < -0.3 is 9.64 Å². The lowest BCUT2D eigenvalue weighted by atomic mass is 9.98. The Bertz CT molecular complexity index is 846. The molecule has 142 valence electrons. The van der Waals surface area contributed by atoms with Crippen molar-refractivity contribution in [3.63, 3.8) is 0 Å². The number of piperidine rings is 1. The first-order valence-electron chi connectivity index (χ1n) is 9.51. The van der Waals surface area contributed by atoms with E-state index in [-0.39, 0.29) is 6.04 Å². The highest BCUT2D eigenvalue weighted by molar-refractivity contribution is 7.10. The highest BCUT2D eigenvalue weighted by Crippen LogP contribution is 2.24. The van der Waals surface area contributed by atoms with E-state index >= 15 is 0 Å². The van der Waals surface area contributed by atoms with E-state index in [1.165, 1.54) is 24.3 Å². The summed E-state index contributed by atoms with van der Waals surface area (Å²) in [6.45, 7) is 5.35. The van der Waals surface area contributed by atoms with E-state index < -0.39 is 0 Å². The SMILES string of the molecule is COc1ccc(Cn2nnnc2[C@@H](c2cccs2)[NH+]2CCC[C@H](C)C2)cc1. The molecule has 3 atom stereocenters. The van der Waals surface area contributed by atoms with Crippen LogP contribution in [0.5, 0.6) is 5.75 Å². The first-order chi connectivity index (χ1) is 13.2. The number of nitrogens with one attached hydrogen (secondary N) is 1. The van der Waals surface area contributed by atoms with Crippen LogP contribution in [0.15, 0.2) is 41.8 Å². The van der Waals surface area contributed by atoms with Crippen LogP contribution in [-0.2, 0) is 6.54 Å². The van der Waals surface area contributed by atoms with Gasteiger partial charge in [-0.15, -0.1) is 16.4 Å². The molecule has 3 aromatic rings. The van der Waals surface area contributed by atoms with Gasteiger partial charge in [0, 0.05) is 5.92 Å². The molecule has 2 aromatic heterocycles. The summed E-state index contributed by atoms with van der Waals surface area (Å²) in [4.78, 5) is 2.91. The van der Waals surface area contributed by atoms with Crippen molar-refractivity contribution < 1.29 is 9.64 Å². The number of hydrogen-bond donors (Lipinski definition) is 1. The van der Waals surface area contributed by atoms with Gasteiger partial charge in [-0.3, -0.25) is 0 Å². The van der Waals surface area contributed by atoms with E-state index in [0.29, 0.717) is 6.54 Å². The van der Waals surface area contributed by atoms with E-state index in [1.807, 2.05) is 16.8 Å². The zero-order valence-corrected chi connectivity index (χ0v) is 16.7. The highest BCUT2D eigenvalue weighted by Gasteiger charge is 2.35. The summed E-state index contributed by atoms with van der Waals surface area (Å²) in [7, 11) is 1.68. The molecule has 27 heavy (non-hydrogen) atoms. The number of tetrazole rings is 1. The molecule has 0 spiro atoms. The molecule has 0 bridgehead atoms. The molecule has 7 heteroatoms. The Morgan fingerprint density at radius 1 is 1.30 bits per heavy atom. The maximum absolute atomic E-state index is 5.26. The highest BCUT2D eigenvalue weighted by atomic mass is 32.1. The maximum Gasteiger partial charge on any atom is 0.215 e. The van der Waals surface area contributed by atoms with E-state index in [0.717, 1.165) is 29.6 Å². The number of hydrogen-bond acceptors (Lipinski definition) is 5. The van der Waals surface area contributed by atoms with Crippen LogP contribution in [0.4, 0.5) is 0 Å². The zero-order valence-electron chi connectivity index (χ0n) is 15.8. The molecule has 1 aromatic carbocycles. The number of benzene rings is 1. The summed E-state index contributed by atoms with van der Waals surface area (Å²) in [6, 6.07) is 12.6. The van der Waals surface area contributed by atoms with E-state index in [1.54, 1.807) is 23.3 Å². The third-order valence-corrected chi connectivity index (χ3v) is 6.29. The first kappa shape index (κ1) is 18.1. The van der Waals surface area contributed by atoms with Crippen LogP contribution >= 0.6 is 11.3 Å². The number of methoxy groups -OCH3 is 1. The average molecular weight is 385 g/mol. The fraction of sp³-hybridized carbons (Fsp3) is 0.450. The van der Waals surface area contributed by atoms with Crippen LogP contribution in [0.1, 0.15) is 42.1 Å². The lowest BCUT2D eigenvalue weighted by molar-refractivity contribution is -0.934. The molecule has 1 fully saturated rings. The molecular formula is C20H26N5OS+. The Labute approximate surface area is 163 Å². The summed E-state index contributed by atoms with van der Waals surface area (Å²) in [5.41, 5.74) is 1.16. The van der Waals surface area contributed by atoms with E-state index in [2.05, 4.69) is 52.1 Å². The van der Waals surface area contributed by atoms with Crippen molar-refractivity contribution in [3.8, 4) is 5.75 Å². The number of nitrogens with zero attached hydrogens (tertiary/aromatic N) is 4. The Hall–Kier alpha value is -2.25. The summed E-state index contributed by atoms with van der Waals surface area (Å²) in [5.74, 6) is 2.55. The van der Waals surface area contributed by atoms with Crippen molar-refractivity contribution in [3.05, 3.63) is 58.0 Å². The number of rotatable bonds is 6. The molecule has 1 aliphatic heterocycles. The fourth-order valence-electron chi connectivity index (χ4n) is 3.99. The van der Waals surface area contributed by atoms with Crippen molar-refractivity contribution in [1.82, 2.24) is 20.2 Å². The van der Waals surface area contributed by atoms with Gasteiger partial charge in [-0.25, -0.2) is 4.68 Å². The third kappa shape index (κ3) is 4.04. The molecule has 1 unspecified atom stereocenters. The van der Waals surface area contributed by atoms with Crippen LogP contribution in [0.25, 0.3) is 0 Å². The van der Waals surface area contributed by atoms with Gasteiger partial charge in [0.1, 0.15) is 5.75 Å². The van der Waals surface area contributed by atoms with Crippen LogP contribution in [0.2, 0.25) is 0 Å². The summed E-state index contributed by atoms with van der Waals surface area (Å²) in [5, 5.41) is 15.0. The minimum atomic E-state index is 0.195. The largest absolute Gasteiger partial charge is 0.497 e. The molecule has 0 radical (unpaired) electrons. The first-order valence-corrected chi connectivity index (χ1v) is 10.4.